The monoisotopic (exact) mass is 246 g/mol. The van der Waals surface area contributed by atoms with Crippen molar-refractivity contribution in [1.82, 2.24) is 4.98 Å². The molecular formula is C12H11ClN4. The molecule has 5 heteroatoms. The summed E-state index contributed by atoms with van der Waals surface area (Å²) < 4.78 is 0. The van der Waals surface area contributed by atoms with Crippen molar-refractivity contribution in [3.63, 3.8) is 0 Å². The molecule has 0 fully saturated rings. The molecular weight excluding hydrogens is 236 g/mol. The van der Waals surface area contributed by atoms with E-state index in [4.69, 9.17) is 23.2 Å². The van der Waals surface area contributed by atoms with Crippen molar-refractivity contribution < 1.29 is 0 Å². The molecule has 2 rings (SSSR count). The molecule has 0 spiro atoms. The SMILES string of the molecule is N/N=C(\c1ccncc1N)c1ccccc1Cl. The maximum atomic E-state index is 6.11. The van der Waals surface area contributed by atoms with Crippen molar-refractivity contribution in [2.45, 2.75) is 0 Å². The van der Waals surface area contributed by atoms with E-state index in [1.165, 1.54) is 0 Å². The number of rotatable bonds is 2. The fourth-order valence-electron chi connectivity index (χ4n) is 1.56. The van der Waals surface area contributed by atoms with E-state index < -0.39 is 0 Å². The Morgan fingerprint density at radius 3 is 2.59 bits per heavy atom. The Morgan fingerprint density at radius 2 is 1.94 bits per heavy atom. The first kappa shape index (κ1) is 11.4. The van der Waals surface area contributed by atoms with Gasteiger partial charge in [0.2, 0.25) is 0 Å². The Hall–Kier alpha value is -2.07. The molecule has 1 heterocycles. The number of hydrazone groups is 1. The Bertz CT molecular complexity index is 518. The zero-order valence-electron chi connectivity index (χ0n) is 8.97. The predicted octanol–water partition coefficient (Wildman–Crippen LogP) is 2.03. The largest absolute Gasteiger partial charge is 0.397 e. The standard InChI is InChI=1S/C12H11ClN4/c13-10-4-2-1-3-8(10)12(17-15)9-5-6-16-7-11(9)14/h1-7H,14-15H2/b17-12-. The number of nitrogen functional groups attached to an aromatic ring is 1. The molecule has 0 aliphatic heterocycles. The first-order valence-corrected chi connectivity index (χ1v) is 5.34. The van der Waals surface area contributed by atoms with Crippen LogP contribution in [-0.4, -0.2) is 10.7 Å². The van der Waals surface area contributed by atoms with E-state index in [1.807, 2.05) is 18.2 Å². The summed E-state index contributed by atoms with van der Waals surface area (Å²) >= 11 is 6.11. The van der Waals surface area contributed by atoms with Crippen LogP contribution in [0.15, 0.2) is 47.8 Å². The van der Waals surface area contributed by atoms with Crippen LogP contribution >= 0.6 is 11.6 Å². The van der Waals surface area contributed by atoms with Gasteiger partial charge < -0.3 is 11.6 Å². The molecule has 0 aliphatic rings. The van der Waals surface area contributed by atoms with Crippen molar-refractivity contribution in [3.8, 4) is 0 Å². The quantitative estimate of drug-likeness (QED) is 0.484. The van der Waals surface area contributed by atoms with Crippen LogP contribution in [0.25, 0.3) is 0 Å². The zero-order valence-corrected chi connectivity index (χ0v) is 9.72. The predicted molar refractivity (Wildman–Crippen MR) is 69.9 cm³/mol. The highest BCUT2D eigenvalue weighted by Crippen LogP contribution is 2.21. The number of hydrogen-bond acceptors (Lipinski definition) is 4. The molecule has 0 bridgehead atoms. The van der Waals surface area contributed by atoms with Gasteiger partial charge in [-0.2, -0.15) is 5.10 Å². The van der Waals surface area contributed by atoms with Crippen LogP contribution in [0.3, 0.4) is 0 Å². The molecule has 4 nitrogen and oxygen atoms in total. The number of nitrogens with zero attached hydrogens (tertiary/aromatic N) is 2. The van der Waals surface area contributed by atoms with Gasteiger partial charge in [0.15, 0.2) is 0 Å². The van der Waals surface area contributed by atoms with Crippen LogP contribution in [0, 0.1) is 0 Å². The number of benzene rings is 1. The Labute approximate surface area is 104 Å². The van der Waals surface area contributed by atoms with E-state index in [2.05, 4.69) is 10.1 Å². The Morgan fingerprint density at radius 1 is 1.18 bits per heavy atom. The van der Waals surface area contributed by atoms with Crippen molar-refractivity contribution in [3.05, 3.63) is 58.9 Å². The van der Waals surface area contributed by atoms with Gasteiger partial charge in [-0.05, 0) is 12.1 Å². The molecule has 4 N–H and O–H groups in total. The molecule has 0 aliphatic carbocycles. The highest BCUT2D eigenvalue weighted by molar-refractivity contribution is 6.35. The molecule has 1 aromatic carbocycles. The summed E-state index contributed by atoms with van der Waals surface area (Å²) in [6.45, 7) is 0. The molecule has 0 saturated carbocycles. The lowest BCUT2D eigenvalue weighted by atomic mass is 10.0. The fraction of sp³-hybridized carbons (Fsp3) is 0. The third kappa shape index (κ3) is 2.21. The average molecular weight is 247 g/mol. The smallest absolute Gasteiger partial charge is 0.101 e. The maximum Gasteiger partial charge on any atom is 0.101 e. The minimum Gasteiger partial charge on any atom is -0.397 e. The van der Waals surface area contributed by atoms with Crippen LogP contribution in [0.1, 0.15) is 11.1 Å². The number of anilines is 1. The van der Waals surface area contributed by atoms with E-state index in [1.54, 1.807) is 24.5 Å². The number of hydrogen-bond donors (Lipinski definition) is 2. The minimum atomic E-state index is 0.511. The van der Waals surface area contributed by atoms with Gasteiger partial charge in [-0.3, -0.25) is 4.98 Å². The average Bonchev–Trinajstić information content (AvgIpc) is 2.34. The van der Waals surface area contributed by atoms with Gasteiger partial charge in [0.05, 0.1) is 16.9 Å². The summed E-state index contributed by atoms with van der Waals surface area (Å²) in [5.41, 5.74) is 8.37. The fourth-order valence-corrected chi connectivity index (χ4v) is 1.78. The molecule has 17 heavy (non-hydrogen) atoms. The Balaban J connectivity index is 2.57. The second kappa shape index (κ2) is 4.84. The van der Waals surface area contributed by atoms with Crippen LogP contribution in [0.2, 0.25) is 5.02 Å². The second-order valence-electron chi connectivity index (χ2n) is 3.42. The van der Waals surface area contributed by atoms with Gasteiger partial charge in [0.1, 0.15) is 5.71 Å². The van der Waals surface area contributed by atoms with Crippen LogP contribution < -0.4 is 11.6 Å². The lowest BCUT2D eigenvalue weighted by Gasteiger charge is -2.09. The highest BCUT2D eigenvalue weighted by atomic mass is 35.5. The number of halogens is 1. The van der Waals surface area contributed by atoms with Gasteiger partial charge in [-0.1, -0.05) is 29.8 Å². The van der Waals surface area contributed by atoms with E-state index in [9.17, 15) is 0 Å². The lowest BCUT2D eigenvalue weighted by Crippen LogP contribution is -2.10. The van der Waals surface area contributed by atoms with Gasteiger partial charge in [0.25, 0.3) is 0 Å². The second-order valence-corrected chi connectivity index (χ2v) is 3.83. The van der Waals surface area contributed by atoms with E-state index >= 15 is 0 Å². The number of pyridine rings is 1. The van der Waals surface area contributed by atoms with Gasteiger partial charge >= 0.3 is 0 Å². The molecule has 0 saturated heterocycles. The van der Waals surface area contributed by atoms with Crippen LogP contribution in [-0.2, 0) is 0 Å². The van der Waals surface area contributed by atoms with Crippen LogP contribution in [0.5, 0.6) is 0 Å². The molecule has 0 amide bonds. The molecule has 0 radical (unpaired) electrons. The summed E-state index contributed by atoms with van der Waals surface area (Å²) in [6.07, 6.45) is 3.19. The van der Waals surface area contributed by atoms with Crippen molar-refractivity contribution in [2.75, 3.05) is 5.73 Å². The summed E-state index contributed by atoms with van der Waals surface area (Å²) in [6, 6.07) is 9.08. The topological polar surface area (TPSA) is 77.3 Å². The summed E-state index contributed by atoms with van der Waals surface area (Å²) in [7, 11) is 0. The first-order valence-electron chi connectivity index (χ1n) is 4.96. The summed E-state index contributed by atoms with van der Waals surface area (Å²) in [4.78, 5) is 3.92. The van der Waals surface area contributed by atoms with E-state index in [0.717, 1.165) is 11.1 Å². The highest BCUT2D eigenvalue weighted by Gasteiger charge is 2.12. The summed E-state index contributed by atoms with van der Waals surface area (Å²) in [5.74, 6) is 5.43. The molecule has 86 valence electrons. The number of aromatic nitrogens is 1. The van der Waals surface area contributed by atoms with Crippen molar-refractivity contribution >= 4 is 23.0 Å². The molecule has 0 atom stereocenters. The maximum absolute atomic E-state index is 6.11. The number of nitrogens with two attached hydrogens (primary N) is 2. The third-order valence-corrected chi connectivity index (χ3v) is 2.69. The normalized spacial score (nSPS) is 11.5. The van der Waals surface area contributed by atoms with E-state index in [0.29, 0.717) is 16.4 Å². The molecule has 1 aromatic heterocycles. The molecule has 0 unspecified atom stereocenters. The third-order valence-electron chi connectivity index (χ3n) is 2.37. The van der Waals surface area contributed by atoms with Crippen molar-refractivity contribution in [1.29, 1.82) is 0 Å². The summed E-state index contributed by atoms with van der Waals surface area (Å²) in [5, 5.41) is 4.35. The lowest BCUT2D eigenvalue weighted by molar-refractivity contribution is 1.23. The van der Waals surface area contributed by atoms with Gasteiger partial charge in [-0.25, -0.2) is 0 Å². The van der Waals surface area contributed by atoms with Crippen LogP contribution in [0.4, 0.5) is 5.69 Å². The van der Waals surface area contributed by atoms with E-state index in [-0.39, 0.29) is 0 Å². The van der Waals surface area contributed by atoms with Crippen molar-refractivity contribution in [2.24, 2.45) is 10.9 Å². The zero-order chi connectivity index (χ0) is 12.3. The first-order chi connectivity index (χ1) is 8.24. The minimum absolute atomic E-state index is 0.511. The molecule has 2 aromatic rings. The van der Waals surface area contributed by atoms with Gasteiger partial charge in [-0.15, -0.1) is 0 Å². The van der Waals surface area contributed by atoms with Gasteiger partial charge in [0, 0.05) is 17.3 Å². The Kier molecular flexibility index (Phi) is 3.25.